The molecule has 7 saturated heterocycles. The molecular weight excluding hydrogens is 1320 g/mol. The number of piperidine rings is 6. The molecule has 1 aromatic rings. The van der Waals surface area contributed by atoms with Crippen molar-refractivity contribution in [2.75, 3.05) is 215 Å². The van der Waals surface area contributed by atoms with Gasteiger partial charge in [-0.05, 0) is 261 Å². The van der Waals surface area contributed by atoms with E-state index < -0.39 is 5.54 Å². The van der Waals surface area contributed by atoms with Crippen molar-refractivity contribution in [3.63, 3.8) is 0 Å². The van der Waals surface area contributed by atoms with Crippen molar-refractivity contribution in [1.29, 1.82) is 0 Å². The lowest BCUT2D eigenvalue weighted by Crippen LogP contribution is -2.65. The zero-order valence-corrected chi connectivity index (χ0v) is 71.8. The van der Waals surface area contributed by atoms with Crippen LogP contribution in [0, 0.1) is 5.41 Å². The van der Waals surface area contributed by atoms with Crippen molar-refractivity contribution in [2.24, 2.45) is 5.41 Å². The Morgan fingerprint density at radius 3 is 1.19 bits per heavy atom. The Hall–Kier alpha value is -3.79. The highest BCUT2D eigenvalue weighted by atomic mass is 16.2. The predicted octanol–water partition coefficient (Wildman–Crippen LogP) is 5.84. The fourth-order valence-electron chi connectivity index (χ4n) is 16.7. The second-order valence-corrected chi connectivity index (χ2v) is 36.0. The highest BCUT2D eigenvalue weighted by molar-refractivity contribution is 5.89. The summed E-state index contributed by atoms with van der Waals surface area (Å²) in [5, 5.41) is 21.0. The molecule has 8 rings (SSSR count). The molecule has 7 aliphatic heterocycles. The number of likely N-dealkylation sites (tertiary alicyclic amines) is 6. The summed E-state index contributed by atoms with van der Waals surface area (Å²) in [5.41, 5.74) is -0.339. The van der Waals surface area contributed by atoms with Gasteiger partial charge in [-0.1, -0.05) is 44.2 Å². The zero-order chi connectivity index (χ0) is 78.7. The largest absolute Gasteiger partial charge is 0.354 e. The van der Waals surface area contributed by atoms with Gasteiger partial charge in [-0.2, -0.15) is 0 Å². The maximum Gasteiger partial charge on any atom is 0.243 e. The number of carbonyl (C=O) groups excluding carboxylic acids is 5. The second kappa shape index (κ2) is 44.3. The van der Waals surface area contributed by atoms with Gasteiger partial charge >= 0.3 is 0 Å². The number of piperazine rings is 1. The lowest BCUT2D eigenvalue weighted by molar-refractivity contribution is -0.143. The fourth-order valence-corrected chi connectivity index (χ4v) is 16.7. The molecule has 0 aromatic heterocycles. The lowest BCUT2D eigenvalue weighted by Gasteiger charge is -2.45. The van der Waals surface area contributed by atoms with E-state index in [2.05, 4.69) is 265 Å². The molecule has 0 spiro atoms. The molecule has 4 amide bonds. The van der Waals surface area contributed by atoms with Crippen molar-refractivity contribution >= 4 is 29.4 Å². The Balaban J connectivity index is 0.000000281. The lowest BCUT2D eigenvalue weighted by atomic mass is 9.83. The Labute approximate surface area is 641 Å². The Morgan fingerprint density at radius 2 is 0.800 bits per heavy atom. The van der Waals surface area contributed by atoms with Crippen molar-refractivity contribution in [1.82, 2.24) is 90.7 Å². The Kier molecular flexibility index (Phi) is 39.5. The summed E-state index contributed by atoms with van der Waals surface area (Å²) in [6.45, 7) is 47.5. The summed E-state index contributed by atoms with van der Waals surface area (Å²) in [6.07, 6.45) is 12.3. The number of benzene rings is 1. The number of amides is 4. The van der Waals surface area contributed by atoms with Crippen LogP contribution >= 0.6 is 0 Å². The summed E-state index contributed by atoms with van der Waals surface area (Å²) in [7, 11) is 25.1. The van der Waals surface area contributed by atoms with E-state index in [1.165, 1.54) is 5.56 Å². The van der Waals surface area contributed by atoms with E-state index in [9.17, 15) is 24.0 Å². The van der Waals surface area contributed by atoms with Crippen LogP contribution in [0.3, 0.4) is 0 Å². The van der Waals surface area contributed by atoms with Crippen molar-refractivity contribution in [2.45, 2.75) is 244 Å². The first kappa shape index (κ1) is 93.6. The highest BCUT2D eigenvalue weighted by Gasteiger charge is 2.48. The first-order valence-corrected chi connectivity index (χ1v) is 40.8. The molecule has 0 bridgehead atoms. The van der Waals surface area contributed by atoms with E-state index in [0.717, 1.165) is 214 Å². The number of hydrogen-bond donors (Lipinski definition) is 6. The zero-order valence-electron chi connectivity index (χ0n) is 71.8. The Morgan fingerprint density at radius 1 is 0.448 bits per heavy atom. The van der Waals surface area contributed by atoms with Crippen LogP contribution < -0.4 is 31.9 Å². The van der Waals surface area contributed by atoms with Gasteiger partial charge in [-0.25, -0.2) is 0 Å². The van der Waals surface area contributed by atoms with Gasteiger partial charge in [0.2, 0.25) is 23.6 Å². The monoisotopic (exact) mass is 1480 g/mol. The summed E-state index contributed by atoms with van der Waals surface area (Å²) in [6, 6.07) is 12.7. The van der Waals surface area contributed by atoms with Gasteiger partial charge < -0.3 is 85.8 Å². The molecule has 7 fully saturated rings. The minimum atomic E-state index is -0.408. The summed E-state index contributed by atoms with van der Waals surface area (Å²) < 4.78 is 0. The van der Waals surface area contributed by atoms with Crippen LogP contribution in [0.5, 0.6) is 0 Å². The number of nitrogens with one attached hydrogen (secondary N) is 6. The van der Waals surface area contributed by atoms with Crippen LogP contribution in [-0.4, -0.2) is 368 Å². The summed E-state index contributed by atoms with van der Waals surface area (Å²) in [4.78, 5) is 91.0. The molecule has 0 aliphatic carbocycles. The molecule has 7 heterocycles. The molecule has 0 saturated carbocycles. The van der Waals surface area contributed by atoms with E-state index in [1.54, 1.807) is 6.92 Å². The number of hydrogen-bond acceptors (Lipinski definition) is 19. The smallest absolute Gasteiger partial charge is 0.243 e. The number of nitrogens with zero attached hydrogens (tertiary/aromatic N) is 12. The predicted molar refractivity (Wildman–Crippen MR) is 437 cm³/mol. The molecule has 23 nitrogen and oxygen atoms in total. The number of ketones is 1. The van der Waals surface area contributed by atoms with Crippen LogP contribution in [0.2, 0.25) is 0 Å². The molecule has 0 atom stereocenters. The number of rotatable bonds is 26. The third kappa shape index (κ3) is 31.1. The van der Waals surface area contributed by atoms with Crippen LogP contribution in [0.25, 0.3) is 0 Å². The summed E-state index contributed by atoms with van der Waals surface area (Å²) in [5.74, 6) is 1.35. The topological polar surface area (TPSA) is 196 Å². The summed E-state index contributed by atoms with van der Waals surface area (Å²) >= 11 is 0. The van der Waals surface area contributed by atoms with Gasteiger partial charge in [-0.3, -0.25) is 28.9 Å². The standard InChI is InChI=1S/C21H34N4O.C17H34N4O.C17H36N4O.C16H34N4O.C11H22N2O/c1-18(2)22-21(9-11-23(3)12-10-21)20(26)25-15-13-24(14-16-25)17-19-7-5-4-6-8-19;1-14(2)18-17(8-12-20(4)13-9-17)16(22)21(5)15-6-10-19(3)11-7-15;1-14(2)19-17(8-10-21(7)11-9-17)15(22)18-12-16(3,4)13-20(5)6;1-14(2)17-16(8-12-19(5)13-9-16)15(21)20(6)11-7-10-18(3)4;1-9(2)12-11(10(3)14)5-7-13(4)8-6-11/h4-8,18,22H,9-17H2,1-3H3;14-15,18H,6-13H2,1-5H3;14,19H,8-13H2,1-7H3,(H,18,22);14,17H,7-13H2,1-6H3;9,12H,5-8H2,1-4H3. The minimum Gasteiger partial charge on any atom is -0.354 e. The third-order valence-corrected chi connectivity index (χ3v) is 22.7. The van der Waals surface area contributed by atoms with E-state index >= 15 is 0 Å². The van der Waals surface area contributed by atoms with Crippen molar-refractivity contribution < 1.29 is 24.0 Å². The van der Waals surface area contributed by atoms with Crippen LogP contribution in [0.4, 0.5) is 0 Å². The fraction of sp³-hybridized carbons (Fsp3) is 0.866. The molecule has 23 heteroatoms. The quantitative estimate of drug-likeness (QED) is 0.0647. The normalized spacial score (nSPS) is 21.6. The third-order valence-electron chi connectivity index (χ3n) is 22.7. The van der Waals surface area contributed by atoms with Crippen LogP contribution in [-0.2, 0) is 30.5 Å². The van der Waals surface area contributed by atoms with Gasteiger partial charge in [0.05, 0.1) is 5.54 Å². The van der Waals surface area contributed by atoms with Crippen LogP contribution in [0.1, 0.15) is 179 Å². The first-order valence-electron chi connectivity index (χ1n) is 40.8. The van der Waals surface area contributed by atoms with Gasteiger partial charge in [-0.15, -0.1) is 0 Å². The number of likely N-dealkylation sites (N-methyl/N-ethyl adjacent to an activating group) is 2. The SMILES string of the molecule is CC(=O)C1(NC(C)C)CCN(C)CC1.CC(C)NC1(C(=O)N(C)C2CCN(C)CC2)CCN(C)CC1.CC(C)NC1(C(=O)N(C)CCCN(C)C)CCN(C)CC1.CC(C)NC1(C(=O)N2CCN(Cc3ccccc3)CC2)CCN(C)CC1.CC(C)NC1(C(=O)NCC(C)(C)CN(C)C)CCN(C)CC1. The highest BCUT2D eigenvalue weighted by Crippen LogP contribution is 2.31. The van der Waals surface area contributed by atoms with E-state index in [0.29, 0.717) is 60.4 Å². The molecule has 6 N–H and O–H groups in total. The molecule has 0 unspecified atom stereocenters. The molecule has 1 aromatic carbocycles. The van der Waals surface area contributed by atoms with E-state index in [-0.39, 0.29) is 39.4 Å². The second-order valence-electron chi connectivity index (χ2n) is 36.0. The van der Waals surface area contributed by atoms with Gasteiger partial charge in [0.25, 0.3) is 0 Å². The van der Waals surface area contributed by atoms with Gasteiger partial charge in [0.1, 0.15) is 27.9 Å². The maximum atomic E-state index is 13.4. The maximum absolute atomic E-state index is 13.4. The minimum absolute atomic E-state index is 0.0731. The van der Waals surface area contributed by atoms with E-state index in [4.69, 9.17) is 0 Å². The molecule has 105 heavy (non-hydrogen) atoms. The number of Topliss-reactive ketones (excluding diaryl/α,β-unsaturated/α-hetero) is 1. The molecule has 608 valence electrons. The van der Waals surface area contributed by atoms with Crippen molar-refractivity contribution in [3.8, 4) is 0 Å². The molecule has 7 aliphatic rings. The Bertz CT molecular complexity index is 2640. The van der Waals surface area contributed by atoms with E-state index in [1.807, 2.05) is 23.9 Å². The molecular formula is C82H160N18O5. The van der Waals surface area contributed by atoms with Gasteiger partial charge in [0.15, 0.2) is 0 Å². The van der Waals surface area contributed by atoms with Crippen molar-refractivity contribution in [3.05, 3.63) is 35.9 Å². The average Bonchev–Trinajstić information content (AvgIpc) is 0.808. The number of carbonyl (C=O) groups is 5. The van der Waals surface area contributed by atoms with Crippen LogP contribution in [0.15, 0.2) is 30.3 Å². The average molecular weight is 1480 g/mol. The van der Waals surface area contributed by atoms with Gasteiger partial charge in [0, 0.05) is 168 Å². The first-order chi connectivity index (χ1) is 49.1. The molecule has 0 radical (unpaired) electrons.